The number of hydrogen-bond acceptors (Lipinski definition) is 1. The minimum absolute atomic E-state index is 0.195. The molecule has 0 aromatic carbocycles. The van der Waals surface area contributed by atoms with Gasteiger partial charge in [0.05, 0.1) is 0 Å². The van der Waals surface area contributed by atoms with Gasteiger partial charge in [-0.1, -0.05) is 19.4 Å². The van der Waals surface area contributed by atoms with Crippen LogP contribution in [0.3, 0.4) is 0 Å². The van der Waals surface area contributed by atoms with Crippen molar-refractivity contribution in [2.75, 3.05) is 13.1 Å². The van der Waals surface area contributed by atoms with Crippen molar-refractivity contribution < 1.29 is 4.79 Å². The Kier molecular flexibility index (Phi) is 3.85. The second-order valence-corrected chi connectivity index (χ2v) is 3.22. The SMILES string of the molecule is CCCCN1CCCC=CC1=O. The zero-order valence-electron chi connectivity index (χ0n) is 7.75. The van der Waals surface area contributed by atoms with Crippen LogP contribution in [0.2, 0.25) is 0 Å². The van der Waals surface area contributed by atoms with Gasteiger partial charge in [0.1, 0.15) is 0 Å². The van der Waals surface area contributed by atoms with Gasteiger partial charge in [0.25, 0.3) is 0 Å². The number of carbonyl (C=O) groups is 1. The van der Waals surface area contributed by atoms with Crippen molar-refractivity contribution >= 4 is 5.91 Å². The van der Waals surface area contributed by atoms with E-state index >= 15 is 0 Å². The molecule has 2 heteroatoms. The number of nitrogens with zero attached hydrogens (tertiary/aromatic N) is 1. The smallest absolute Gasteiger partial charge is 0.246 e. The normalized spacial score (nSPS) is 18.1. The number of hydrogen-bond donors (Lipinski definition) is 0. The summed E-state index contributed by atoms with van der Waals surface area (Å²) in [5.41, 5.74) is 0. The first-order valence-electron chi connectivity index (χ1n) is 4.80. The lowest BCUT2D eigenvalue weighted by atomic mass is 10.3. The molecule has 1 amide bonds. The topological polar surface area (TPSA) is 20.3 Å². The zero-order valence-corrected chi connectivity index (χ0v) is 7.75. The second kappa shape index (κ2) is 4.96. The molecule has 0 aromatic rings. The molecule has 68 valence electrons. The van der Waals surface area contributed by atoms with Crippen molar-refractivity contribution in [3.05, 3.63) is 12.2 Å². The first-order chi connectivity index (χ1) is 5.84. The van der Waals surface area contributed by atoms with Gasteiger partial charge in [0.2, 0.25) is 5.91 Å². The van der Waals surface area contributed by atoms with Gasteiger partial charge in [0, 0.05) is 13.1 Å². The monoisotopic (exact) mass is 167 g/mol. The Morgan fingerprint density at radius 3 is 3.17 bits per heavy atom. The van der Waals surface area contributed by atoms with Crippen molar-refractivity contribution in [1.29, 1.82) is 0 Å². The molecule has 0 spiro atoms. The highest BCUT2D eigenvalue weighted by Gasteiger charge is 2.10. The van der Waals surface area contributed by atoms with Crippen molar-refractivity contribution in [1.82, 2.24) is 4.90 Å². The van der Waals surface area contributed by atoms with Gasteiger partial charge >= 0.3 is 0 Å². The Morgan fingerprint density at radius 2 is 2.42 bits per heavy atom. The van der Waals surface area contributed by atoms with Crippen LogP contribution in [-0.4, -0.2) is 23.9 Å². The molecule has 0 fully saturated rings. The molecule has 0 saturated heterocycles. The summed E-state index contributed by atoms with van der Waals surface area (Å²) < 4.78 is 0. The van der Waals surface area contributed by atoms with E-state index in [4.69, 9.17) is 0 Å². The summed E-state index contributed by atoms with van der Waals surface area (Å²) in [4.78, 5) is 13.3. The van der Waals surface area contributed by atoms with Gasteiger partial charge in [-0.25, -0.2) is 0 Å². The van der Waals surface area contributed by atoms with Gasteiger partial charge in [-0.05, 0) is 25.3 Å². The summed E-state index contributed by atoms with van der Waals surface area (Å²) in [6.07, 6.45) is 8.14. The molecule has 0 N–H and O–H groups in total. The van der Waals surface area contributed by atoms with Crippen molar-refractivity contribution in [3.63, 3.8) is 0 Å². The minimum Gasteiger partial charge on any atom is -0.339 e. The quantitative estimate of drug-likeness (QED) is 0.629. The van der Waals surface area contributed by atoms with Gasteiger partial charge in [-0.3, -0.25) is 4.79 Å². The van der Waals surface area contributed by atoms with Crippen molar-refractivity contribution in [2.24, 2.45) is 0 Å². The van der Waals surface area contributed by atoms with E-state index in [2.05, 4.69) is 6.92 Å². The van der Waals surface area contributed by atoms with E-state index in [-0.39, 0.29) is 5.91 Å². The fourth-order valence-electron chi connectivity index (χ4n) is 1.37. The fraction of sp³-hybridized carbons (Fsp3) is 0.700. The Bertz CT molecular complexity index is 175. The molecule has 0 aliphatic carbocycles. The molecular formula is C10H17NO. The van der Waals surface area contributed by atoms with Gasteiger partial charge in [-0.2, -0.15) is 0 Å². The first-order valence-corrected chi connectivity index (χ1v) is 4.80. The van der Waals surface area contributed by atoms with Crippen LogP contribution in [-0.2, 0) is 4.79 Å². The third-order valence-electron chi connectivity index (χ3n) is 2.15. The van der Waals surface area contributed by atoms with Crippen LogP contribution < -0.4 is 0 Å². The van der Waals surface area contributed by atoms with Crippen LogP contribution in [0.4, 0.5) is 0 Å². The summed E-state index contributed by atoms with van der Waals surface area (Å²) in [5, 5.41) is 0. The molecule has 0 unspecified atom stereocenters. The van der Waals surface area contributed by atoms with E-state index in [9.17, 15) is 4.79 Å². The van der Waals surface area contributed by atoms with Crippen molar-refractivity contribution in [2.45, 2.75) is 32.6 Å². The lowest BCUT2D eigenvalue weighted by Gasteiger charge is -2.18. The summed E-state index contributed by atoms with van der Waals surface area (Å²) in [6, 6.07) is 0. The molecule has 2 nitrogen and oxygen atoms in total. The molecule has 1 rings (SSSR count). The van der Waals surface area contributed by atoms with E-state index < -0.39 is 0 Å². The van der Waals surface area contributed by atoms with E-state index in [1.807, 2.05) is 11.0 Å². The molecule has 1 heterocycles. The molecule has 1 aliphatic heterocycles. The maximum absolute atomic E-state index is 11.4. The van der Waals surface area contributed by atoms with Gasteiger partial charge < -0.3 is 4.90 Å². The number of unbranched alkanes of at least 4 members (excludes halogenated alkanes) is 1. The number of rotatable bonds is 3. The highest BCUT2D eigenvalue weighted by atomic mass is 16.2. The predicted molar refractivity (Wildman–Crippen MR) is 49.9 cm³/mol. The second-order valence-electron chi connectivity index (χ2n) is 3.22. The summed E-state index contributed by atoms with van der Waals surface area (Å²) in [5.74, 6) is 0.195. The molecule has 0 aromatic heterocycles. The molecule has 0 radical (unpaired) electrons. The fourth-order valence-corrected chi connectivity index (χ4v) is 1.37. The van der Waals surface area contributed by atoms with E-state index in [1.54, 1.807) is 6.08 Å². The summed E-state index contributed by atoms with van der Waals surface area (Å²) >= 11 is 0. The molecule has 0 atom stereocenters. The van der Waals surface area contributed by atoms with Crippen LogP contribution >= 0.6 is 0 Å². The van der Waals surface area contributed by atoms with Crippen molar-refractivity contribution in [3.8, 4) is 0 Å². The highest BCUT2D eigenvalue weighted by Crippen LogP contribution is 2.05. The largest absolute Gasteiger partial charge is 0.339 e. The summed E-state index contributed by atoms with van der Waals surface area (Å²) in [7, 11) is 0. The first kappa shape index (κ1) is 9.30. The third kappa shape index (κ3) is 2.68. The standard InChI is InChI=1S/C10H17NO/c1-2-3-8-11-9-6-4-5-7-10(11)12/h5,7H,2-4,6,8-9H2,1H3. The molecular weight excluding hydrogens is 150 g/mol. The molecule has 0 bridgehead atoms. The molecule has 0 saturated carbocycles. The molecule has 12 heavy (non-hydrogen) atoms. The van der Waals surface area contributed by atoms with Gasteiger partial charge in [-0.15, -0.1) is 0 Å². The Labute approximate surface area is 74.2 Å². The lowest BCUT2D eigenvalue weighted by Crippen LogP contribution is -2.30. The van der Waals surface area contributed by atoms with Crippen LogP contribution in [0.15, 0.2) is 12.2 Å². The van der Waals surface area contributed by atoms with Crippen LogP contribution in [0.25, 0.3) is 0 Å². The Hall–Kier alpha value is -0.790. The molecule has 1 aliphatic rings. The van der Waals surface area contributed by atoms with E-state index in [1.165, 1.54) is 0 Å². The van der Waals surface area contributed by atoms with Crippen LogP contribution in [0.5, 0.6) is 0 Å². The van der Waals surface area contributed by atoms with Gasteiger partial charge in [0.15, 0.2) is 0 Å². The number of carbonyl (C=O) groups excluding carboxylic acids is 1. The summed E-state index contributed by atoms with van der Waals surface area (Å²) in [6.45, 7) is 4.02. The van der Waals surface area contributed by atoms with Crippen LogP contribution in [0, 0.1) is 0 Å². The Morgan fingerprint density at radius 1 is 1.58 bits per heavy atom. The number of allylic oxidation sites excluding steroid dienone is 1. The average molecular weight is 167 g/mol. The maximum Gasteiger partial charge on any atom is 0.246 e. The minimum atomic E-state index is 0.195. The average Bonchev–Trinajstić information content (AvgIpc) is 2.27. The zero-order chi connectivity index (χ0) is 8.81. The third-order valence-corrected chi connectivity index (χ3v) is 2.15. The van der Waals surface area contributed by atoms with E-state index in [0.717, 1.165) is 38.8 Å². The van der Waals surface area contributed by atoms with E-state index in [0.29, 0.717) is 0 Å². The Balaban J connectivity index is 2.39. The number of amides is 1. The predicted octanol–water partition coefficient (Wildman–Crippen LogP) is 1.97. The lowest BCUT2D eigenvalue weighted by molar-refractivity contribution is -0.126. The maximum atomic E-state index is 11.4. The van der Waals surface area contributed by atoms with Crippen LogP contribution in [0.1, 0.15) is 32.6 Å². The highest BCUT2D eigenvalue weighted by molar-refractivity contribution is 5.87.